The van der Waals surface area contributed by atoms with Crippen molar-refractivity contribution in [2.24, 2.45) is 0 Å². The molecule has 0 aromatic heterocycles. The van der Waals surface area contributed by atoms with Crippen molar-refractivity contribution in [1.82, 2.24) is 0 Å². The molecule has 0 radical (unpaired) electrons. The van der Waals surface area contributed by atoms with Crippen molar-refractivity contribution in [3.8, 4) is 0 Å². The molecule has 1 aromatic carbocycles. The molecule has 1 aliphatic heterocycles. The van der Waals surface area contributed by atoms with Gasteiger partial charge in [-0.15, -0.1) is 0 Å². The van der Waals surface area contributed by atoms with Gasteiger partial charge >= 0.3 is 0 Å². The lowest BCUT2D eigenvalue weighted by molar-refractivity contribution is 0.725. The van der Waals surface area contributed by atoms with Crippen molar-refractivity contribution in [2.45, 2.75) is 19.3 Å². The lowest BCUT2D eigenvalue weighted by Crippen LogP contribution is -1.99. The number of nitrogens with one attached hydrogen (secondary N) is 1. The number of rotatable bonds is 1. The lowest BCUT2D eigenvalue weighted by Gasteiger charge is -2.07. The van der Waals surface area contributed by atoms with Gasteiger partial charge in [0.2, 0.25) is 0 Å². The molecule has 1 unspecified atom stereocenters. The molecule has 1 N–H and O–H groups in total. The summed E-state index contributed by atoms with van der Waals surface area (Å²) in [4.78, 5) is 0. The summed E-state index contributed by atoms with van der Waals surface area (Å²) < 4.78 is 1.25. The molecular formula is C10H12BrN. The zero-order valence-electron chi connectivity index (χ0n) is 7.10. The highest BCUT2D eigenvalue weighted by Gasteiger charge is 2.22. The Kier molecular flexibility index (Phi) is 2.09. The van der Waals surface area contributed by atoms with Gasteiger partial charge in [-0.2, -0.15) is 0 Å². The average Bonchev–Trinajstić information content (AvgIpc) is 2.49. The van der Waals surface area contributed by atoms with E-state index >= 15 is 0 Å². The van der Waals surface area contributed by atoms with Crippen LogP contribution in [0.25, 0.3) is 0 Å². The minimum Gasteiger partial charge on any atom is -0.384 e. The Morgan fingerprint density at radius 3 is 3.17 bits per heavy atom. The Morgan fingerprint density at radius 2 is 2.42 bits per heavy atom. The number of fused-ring (bicyclic) bond motifs is 1. The summed E-state index contributed by atoms with van der Waals surface area (Å²) in [6.45, 7) is 3.33. The number of anilines is 1. The first-order valence-corrected chi connectivity index (χ1v) is 5.14. The van der Waals surface area contributed by atoms with Crippen LogP contribution in [0.2, 0.25) is 0 Å². The van der Waals surface area contributed by atoms with Crippen molar-refractivity contribution in [3.63, 3.8) is 0 Å². The summed E-state index contributed by atoms with van der Waals surface area (Å²) in [6.07, 6.45) is 1.21. The molecule has 1 atom stereocenters. The van der Waals surface area contributed by atoms with Gasteiger partial charge in [-0.25, -0.2) is 0 Å². The van der Waals surface area contributed by atoms with Crippen LogP contribution in [0, 0.1) is 0 Å². The molecule has 2 heteroatoms. The second kappa shape index (κ2) is 3.09. The summed E-state index contributed by atoms with van der Waals surface area (Å²) in [5.74, 6) is 0.690. The van der Waals surface area contributed by atoms with Crippen molar-refractivity contribution >= 4 is 21.6 Å². The van der Waals surface area contributed by atoms with Crippen LogP contribution in [0.3, 0.4) is 0 Å². The summed E-state index contributed by atoms with van der Waals surface area (Å²) in [5.41, 5.74) is 2.76. The number of hydrogen-bond donors (Lipinski definition) is 1. The van der Waals surface area contributed by atoms with E-state index < -0.39 is 0 Å². The first-order chi connectivity index (χ1) is 5.83. The summed E-state index contributed by atoms with van der Waals surface area (Å²) in [7, 11) is 0. The molecule has 0 fully saturated rings. The highest BCUT2D eigenvalue weighted by Crippen LogP contribution is 2.38. The van der Waals surface area contributed by atoms with Crippen LogP contribution in [-0.2, 0) is 0 Å². The highest BCUT2D eigenvalue weighted by atomic mass is 79.9. The van der Waals surface area contributed by atoms with E-state index in [1.165, 1.54) is 22.1 Å². The van der Waals surface area contributed by atoms with Crippen LogP contribution in [0.15, 0.2) is 22.7 Å². The van der Waals surface area contributed by atoms with Gasteiger partial charge in [0, 0.05) is 22.6 Å². The second-order valence-corrected chi connectivity index (χ2v) is 4.04. The molecule has 0 saturated heterocycles. The Hall–Kier alpha value is -0.500. The second-order valence-electron chi connectivity index (χ2n) is 3.19. The highest BCUT2D eigenvalue weighted by molar-refractivity contribution is 9.10. The topological polar surface area (TPSA) is 12.0 Å². The number of halogens is 1. The predicted molar refractivity (Wildman–Crippen MR) is 55.7 cm³/mol. The van der Waals surface area contributed by atoms with Crippen molar-refractivity contribution in [3.05, 3.63) is 28.2 Å². The molecule has 1 nitrogen and oxygen atoms in total. The van der Waals surface area contributed by atoms with Gasteiger partial charge in [0.15, 0.2) is 0 Å². The quantitative estimate of drug-likeness (QED) is 0.774. The van der Waals surface area contributed by atoms with Crippen molar-refractivity contribution in [1.29, 1.82) is 0 Å². The molecule has 0 bridgehead atoms. The van der Waals surface area contributed by atoms with Gasteiger partial charge in [-0.1, -0.05) is 28.9 Å². The minimum absolute atomic E-state index is 0.690. The van der Waals surface area contributed by atoms with Crippen LogP contribution >= 0.6 is 15.9 Å². The van der Waals surface area contributed by atoms with E-state index in [9.17, 15) is 0 Å². The molecule has 1 heterocycles. The van der Waals surface area contributed by atoms with E-state index in [2.05, 4.69) is 46.4 Å². The largest absolute Gasteiger partial charge is 0.384 e. The monoisotopic (exact) mass is 225 g/mol. The number of hydrogen-bond acceptors (Lipinski definition) is 1. The zero-order valence-corrected chi connectivity index (χ0v) is 8.69. The van der Waals surface area contributed by atoms with E-state index in [0.717, 1.165) is 6.54 Å². The van der Waals surface area contributed by atoms with Gasteiger partial charge < -0.3 is 5.32 Å². The van der Waals surface area contributed by atoms with E-state index in [1.54, 1.807) is 0 Å². The van der Waals surface area contributed by atoms with Gasteiger partial charge in [-0.05, 0) is 24.1 Å². The van der Waals surface area contributed by atoms with Gasteiger partial charge in [-0.3, -0.25) is 0 Å². The molecule has 0 aliphatic carbocycles. The third-order valence-electron chi connectivity index (χ3n) is 2.49. The van der Waals surface area contributed by atoms with E-state index in [-0.39, 0.29) is 0 Å². The van der Waals surface area contributed by atoms with Crippen LogP contribution in [0.1, 0.15) is 24.8 Å². The molecule has 0 amide bonds. The van der Waals surface area contributed by atoms with Crippen LogP contribution in [0.5, 0.6) is 0 Å². The maximum absolute atomic E-state index is 3.59. The van der Waals surface area contributed by atoms with E-state index in [0.29, 0.717) is 5.92 Å². The molecule has 0 saturated carbocycles. The van der Waals surface area contributed by atoms with Crippen LogP contribution in [0.4, 0.5) is 5.69 Å². The normalized spacial score (nSPS) is 20.3. The van der Waals surface area contributed by atoms with Gasteiger partial charge in [0.05, 0.1) is 0 Å². The van der Waals surface area contributed by atoms with Crippen molar-refractivity contribution in [2.75, 3.05) is 11.9 Å². The lowest BCUT2D eigenvalue weighted by atomic mass is 9.99. The predicted octanol–water partition coefficient (Wildman–Crippen LogP) is 3.37. The molecule has 2 rings (SSSR count). The third kappa shape index (κ3) is 1.14. The van der Waals surface area contributed by atoms with Crippen LogP contribution in [-0.4, -0.2) is 6.54 Å². The van der Waals surface area contributed by atoms with Crippen molar-refractivity contribution < 1.29 is 0 Å². The first-order valence-electron chi connectivity index (χ1n) is 4.35. The fraction of sp³-hybridized carbons (Fsp3) is 0.400. The third-order valence-corrected chi connectivity index (χ3v) is 3.18. The van der Waals surface area contributed by atoms with Crippen LogP contribution < -0.4 is 5.32 Å². The smallest absolute Gasteiger partial charge is 0.0387 e. The Morgan fingerprint density at radius 1 is 1.58 bits per heavy atom. The Balaban J connectivity index is 2.48. The molecular weight excluding hydrogens is 214 g/mol. The standard InChI is InChI=1S/C10H12BrN/c1-2-7-6-12-9-5-3-4-8(11)10(7)9/h3-5,7,12H,2,6H2,1H3. The Labute approximate surface area is 81.3 Å². The fourth-order valence-corrected chi connectivity index (χ4v) is 2.48. The maximum Gasteiger partial charge on any atom is 0.0387 e. The van der Waals surface area contributed by atoms with Gasteiger partial charge in [0.1, 0.15) is 0 Å². The zero-order chi connectivity index (χ0) is 8.55. The molecule has 1 aliphatic rings. The summed E-state index contributed by atoms with van der Waals surface area (Å²) in [5, 5.41) is 3.41. The van der Waals surface area contributed by atoms with Gasteiger partial charge in [0.25, 0.3) is 0 Å². The average molecular weight is 226 g/mol. The molecule has 0 spiro atoms. The summed E-state index contributed by atoms with van der Waals surface area (Å²) in [6, 6.07) is 6.35. The maximum atomic E-state index is 3.59. The summed E-state index contributed by atoms with van der Waals surface area (Å²) >= 11 is 3.59. The molecule has 12 heavy (non-hydrogen) atoms. The fourth-order valence-electron chi connectivity index (χ4n) is 1.79. The first kappa shape index (κ1) is 8.11. The molecule has 1 aromatic rings. The van der Waals surface area contributed by atoms with E-state index in [1.807, 2.05) is 0 Å². The SMILES string of the molecule is CCC1CNc2cccc(Br)c21. The number of benzene rings is 1. The Bertz CT molecular complexity index is 296. The minimum atomic E-state index is 0.690. The molecule has 64 valence electrons. The van der Waals surface area contributed by atoms with E-state index in [4.69, 9.17) is 0 Å².